The van der Waals surface area contributed by atoms with Crippen molar-refractivity contribution in [2.75, 3.05) is 0 Å². The van der Waals surface area contributed by atoms with Gasteiger partial charge in [-0.3, -0.25) is 4.79 Å². The lowest BCUT2D eigenvalue weighted by Crippen LogP contribution is -2.10. The SMILES string of the molecule is CCCc1cc(C(C)C(=O)O)ncn1. The Balaban J connectivity index is 2.87. The topological polar surface area (TPSA) is 63.1 Å². The van der Waals surface area contributed by atoms with E-state index in [2.05, 4.69) is 16.9 Å². The maximum absolute atomic E-state index is 10.7. The van der Waals surface area contributed by atoms with Gasteiger partial charge in [0, 0.05) is 5.69 Å². The first-order valence-corrected chi connectivity index (χ1v) is 4.68. The quantitative estimate of drug-likeness (QED) is 0.791. The van der Waals surface area contributed by atoms with Crippen molar-refractivity contribution >= 4 is 5.97 Å². The van der Waals surface area contributed by atoms with E-state index in [4.69, 9.17) is 5.11 Å². The molecule has 0 saturated heterocycles. The zero-order valence-electron chi connectivity index (χ0n) is 8.40. The van der Waals surface area contributed by atoms with E-state index in [0.29, 0.717) is 5.69 Å². The van der Waals surface area contributed by atoms with Crippen LogP contribution >= 0.6 is 0 Å². The van der Waals surface area contributed by atoms with Crippen LogP contribution in [0, 0.1) is 0 Å². The molecule has 0 saturated carbocycles. The predicted molar refractivity (Wildman–Crippen MR) is 52.1 cm³/mol. The Hall–Kier alpha value is -1.45. The molecule has 0 spiro atoms. The molecule has 1 rings (SSSR count). The van der Waals surface area contributed by atoms with E-state index in [9.17, 15) is 4.79 Å². The van der Waals surface area contributed by atoms with Gasteiger partial charge in [0.1, 0.15) is 6.33 Å². The Labute approximate surface area is 83.0 Å². The van der Waals surface area contributed by atoms with Gasteiger partial charge in [0.2, 0.25) is 0 Å². The van der Waals surface area contributed by atoms with E-state index in [1.165, 1.54) is 6.33 Å². The second kappa shape index (κ2) is 4.69. The Kier molecular flexibility index (Phi) is 3.56. The predicted octanol–water partition coefficient (Wildman–Crippen LogP) is 1.62. The highest BCUT2D eigenvalue weighted by Crippen LogP contribution is 2.13. The van der Waals surface area contributed by atoms with Gasteiger partial charge in [-0.05, 0) is 19.4 Å². The number of hydrogen-bond acceptors (Lipinski definition) is 3. The maximum Gasteiger partial charge on any atom is 0.312 e. The Bertz CT molecular complexity index is 326. The molecule has 1 heterocycles. The van der Waals surface area contributed by atoms with Gasteiger partial charge in [0.05, 0.1) is 11.6 Å². The fourth-order valence-electron chi connectivity index (χ4n) is 1.17. The lowest BCUT2D eigenvalue weighted by molar-refractivity contribution is -0.138. The van der Waals surface area contributed by atoms with Gasteiger partial charge < -0.3 is 5.11 Å². The molecule has 1 aromatic heterocycles. The van der Waals surface area contributed by atoms with Crippen LogP contribution in [0.4, 0.5) is 0 Å². The van der Waals surface area contributed by atoms with Gasteiger partial charge >= 0.3 is 5.97 Å². The third kappa shape index (κ3) is 2.52. The summed E-state index contributed by atoms with van der Waals surface area (Å²) in [5.41, 5.74) is 1.49. The minimum atomic E-state index is -0.855. The van der Waals surface area contributed by atoms with E-state index in [1.54, 1.807) is 13.0 Å². The second-order valence-corrected chi connectivity index (χ2v) is 3.24. The fraction of sp³-hybridized carbons (Fsp3) is 0.500. The molecule has 76 valence electrons. The van der Waals surface area contributed by atoms with Gasteiger partial charge in [0.25, 0.3) is 0 Å². The molecule has 4 nitrogen and oxygen atoms in total. The lowest BCUT2D eigenvalue weighted by atomic mass is 10.1. The Morgan fingerprint density at radius 2 is 2.29 bits per heavy atom. The van der Waals surface area contributed by atoms with Gasteiger partial charge in [-0.2, -0.15) is 0 Å². The first kappa shape index (κ1) is 10.6. The van der Waals surface area contributed by atoms with Crippen LogP contribution in [-0.4, -0.2) is 21.0 Å². The number of aliphatic carboxylic acids is 1. The summed E-state index contributed by atoms with van der Waals surface area (Å²) in [4.78, 5) is 18.7. The number of aromatic nitrogens is 2. The molecule has 0 bridgehead atoms. The molecular weight excluding hydrogens is 180 g/mol. The third-order valence-electron chi connectivity index (χ3n) is 2.07. The van der Waals surface area contributed by atoms with E-state index >= 15 is 0 Å². The second-order valence-electron chi connectivity index (χ2n) is 3.24. The fourth-order valence-corrected chi connectivity index (χ4v) is 1.17. The molecule has 0 aliphatic heterocycles. The normalized spacial score (nSPS) is 12.4. The summed E-state index contributed by atoms with van der Waals surface area (Å²) in [7, 11) is 0. The Morgan fingerprint density at radius 3 is 2.86 bits per heavy atom. The van der Waals surface area contributed by atoms with Crippen molar-refractivity contribution < 1.29 is 9.90 Å². The zero-order chi connectivity index (χ0) is 10.6. The van der Waals surface area contributed by atoms with Gasteiger partial charge in [0.15, 0.2) is 0 Å². The van der Waals surface area contributed by atoms with Crippen molar-refractivity contribution in [3.8, 4) is 0 Å². The summed E-state index contributed by atoms with van der Waals surface area (Å²) >= 11 is 0. The number of carboxylic acid groups (broad SMARTS) is 1. The lowest BCUT2D eigenvalue weighted by Gasteiger charge is -2.06. The van der Waals surface area contributed by atoms with E-state index in [1.807, 2.05) is 0 Å². The number of nitrogens with zero attached hydrogens (tertiary/aromatic N) is 2. The first-order chi connectivity index (χ1) is 6.65. The van der Waals surface area contributed by atoms with Crippen molar-refractivity contribution in [1.82, 2.24) is 9.97 Å². The molecule has 0 aliphatic carbocycles. The van der Waals surface area contributed by atoms with Crippen molar-refractivity contribution in [2.24, 2.45) is 0 Å². The summed E-state index contributed by atoms with van der Waals surface area (Å²) in [6.07, 6.45) is 3.29. The molecule has 1 aromatic rings. The summed E-state index contributed by atoms with van der Waals surface area (Å²) in [5.74, 6) is -1.42. The maximum atomic E-state index is 10.7. The van der Waals surface area contributed by atoms with E-state index in [0.717, 1.165) is 18.5 Å². The minimum Gasteiger partial charge on any atom is -0.481 e. The highest BCUT2D eigenvalue weighted by Gasteiger charge is 2.15. The minimum absolute atomic E-state index is 0.561. The molecule has 1 N–H and O–H groups in total. The van der Waals surface area contributed by atoms with E-state index in [-0.39, 0.29) is 0 Å². The Morgan fingerprint density at radius 1 is 1.57 bits per heavy atom. The first-order valence-electron chi connectivity index (χ1n) is 4.68. The average Bonchev–Trinajstić information content (AvgIpc) is 2.17. The summed E-state index contributed by atoms with van der Waals surface area (Å²) in [6, 6.07) is 1.77. The van der Waals surface area contributed by atoms with Gasteiger partial charge in [-0.1, -0.05) is 13.3 Å². The van der Waals surface area contributed by atoms with Crippen LogP contribution in [0.25, 0.3) is 0 Å². The van der Waals surface area contributed by atoms with Crippen molar-refractivity contribution in [3.05, 3.63) is 23.8 Å². The molecule has 1 atom stereocenters. The number of carbonyl (C=O) groups is 1. The van der Waals surface area contributed by atoms with E-state index < -0.39 is 11.9 Å². The number of carboxylic acids is 1. The summed E-state index contributed by atoms with van der Waals surface area (Å²) in [5, 5.41) is 8.80. The highest BCUT2D eigenvalue weighted by atomic mass is 16.4. The van der Waals surface area contributed by atoms with Crippen LogP contribution in [-0.2, 0) is 11.2 Å². The van der Waals surface area contributed by atoms with Gasteiger partial charge in [-0.25, -0.2) is 9.97 Å². The average molecular weight is 194 g/mol. The molecule has 1 unspecified atom stereocenters. The highest BCUT2D eigenvalue weighted by molar-refractivity contribution is 5.74. The molecule has 0 aliphatic rings. The summed E-state index contributed by atoms with van der Waals surface area (Å²) < 4.78 is 0. The monoisotopic (exact) mass is 194 g/mol. The zero-order valence-corrected chi connectivity index (χ0v) is 8.40. The third-order valence-corrected chi connectivity index (χ3v) is 2.07. The van der Waals surface area contributed by atoms with Gasteiger partial charge in [-0.15, -0.1) is 0 Å². The van der Waals surface area contributed by atoms with Crippen LogP contribution in [0.1, 0.15) is 37.6 Å². The number of rotatable bonds is 4. The van der Waals surface area contributed by atoms with Crippen molar-refractivity contribution in [3.63, 3.8) is 0 Å². The molecule has 14 heavy (non-hydrogen) atoms. The largest absolute Gasteiger partial charge is 0.481 e. The van der Waals surface area contributed by atoms with Crippen LogP contribution in [0.15, 0.2) is 12.4 Å². The molecule has 0 amide bonds. The molecule has 0 aromatic carbocycles. The molecule has 4 heteroatoms. The van der Waals surface area contributed by atoms with Crippen molar-refractivity contribution in [1.29, 1.82) is 0 Å². The summed E-state index contributed by atoms with van der Waals surface area (Å²) in [6.45, 7) is 3.68. The van der Waals surface area contributed by atoms with Crippen molar-refractivity contribution in [2.45, 2.75) is 32.6 Å². The number of hydrogen-bond donors (Lipinski definition) is 1. The molecular formula is C10H14N2O2. The van der Waals surface area contributed by atoms with Crippen LogP contribution in [0.2, 0.25) is 0 Å². The van der Waals surface area contributed by atoms with Crippen LogP contribution in [0.5, 0.6) is 0 Å². The smallest absolute Gasteiger partial charge is 0.312 e. The molecule has 0 radical (unpaired) electrons. The standard InChI is InChI=1S/C10H14N2O2/c1-3-4-8-5-9(12-6-11-8)7(2)10(13)14/h5-7H,3-4H2,1-2H3,(H,13,14). The molecule has 0 fully saturated rings. The van der Waals surface area contributed by atoms with Crippen LogP contribution < -0.4 is 0 Å². The van der Waals surface area contributed by atoms with Crippen LogP contribution in [0.3, 0.4) is 0 Å². The number of aryl methyl sites for hydroxylation is 1.